The molecule has 0 unspecified atom stereocenters. The van der Waals surface area contributed by atoms with E-state index in [4.69, 9.17) is 5.11 Å². The quantitative estimate of drug-likeness (QED) is 0.815. The van der Waals surface area contributed by atoms with Crippen molar-refractivity contribution in [1.29, 1.82) is 0 Å². The summed E-state index contributed by atoms with van der Waals surface area (Å²) in [5.41, 5.74) is 3.22. The van der Waals surface area contributed by atoms with Gasteiger partial charge in [0, 0.05) is 6.08 Å². The maximum absolute atomic E-state index is 10.8. The van der Waals surface area contributed by atoms with Crippen LogP contribution in [0, 0.1) is 5.92 Å². The molecule has 0 bridgehead atoms. The van der Waals surface area contributed by atoms with Crippen LogP contribution in [0.1, 0.15) is 45.7 Å². The Morgan fingerprint density at radius 2 is 1.67 bits per heavy atom. The molecule has 0 amide bonds. The second kappa shape index (κ2) is 5.38. The first-order chi connectivity index (χ1) is 8.21. The molecule has 1 aromatic carbocycles. The molecule has 0 atom stereocenters. The highest BCUT2D eigenvalue weighted by molar-refractivity contribution is 5.90. The van der Waals surface area contributed by atoms with Gasteiger partial charge in [-0.3, -0.25) is 0 Å². The fourth-order valence-corrected chi connectivity index (χ4v) is 1.88. The third-order valence-electron chi connectivity index (χ3n) is 2.99. The monoisotopic (exact) mass is 246 g/mol. The van der Waals surface area contributed by atoms with Gasteiger partial charge >= 0.3 is 5.97 Å². The smallest absolute Gasteiger partial charge is 0.328 e. The minimum atomic E-state index is -0.890. The minimum absolute atomic E-state index is 0.118. The standard InChI is InChI=1S/C16H22O2/c1-11(2)14(10-15(17)18)12-6-8-13(9-7-12)16(3,4)5/h6-11H,1-5H3,(H,17,18)/b14-10+. The van der Waals surface area contributed by atoms with E-state index in [0.717, 1.165) is 11.1 Å². The molecule has 0 heterocycles. The molecular weight excluding hydrogens is 224 g/mol. The highest BCUT2D eigenvalue weighted by Crippen LogP contribution is 2.27. The molecule has 98 valence electrons. The maximum atomic E-state index is 10.8. The van der Waals surface area contributed by atoms with E-state index < -0.39 is 5.97 Å². The zero-order valence-electron chi connectivity index (χ0n) is 11.8. The van der Waals surface area contributed by atoms with Crippen molar-refractivity contribution in [3.63, 3.8) is 0 Å². The van der Waals surface area contributed by atoms with Gasteiger partial charge in [0.1, 0.15) is 0 Å². The first kappa shape index (κ1) is 14.5. The lowest BCUT2D eigenvalue weighted by molar-refractivity contribution is -0.131. The van der Waals surface area contributed by atoms with Crippen LogP contribution in [0.2, 0.25) is 0 Å². The van der Waals surface area contributed by atoms with E-state index in [-0.39, 0.29) is 11.3 Å². The second-order valence-electron chi connectivity index (χ2n) is 5.92. The number of carboxylic acid groups (broad SMARTS) is 1. The van der Waals surface area contributed by atoms with Crippen molar-refractivity contribution in [2.45, 2.75) is 40.0 Å². The van der Waals surface area contributed by atoms with Gasteiger partial charge in [0.25, 0.3) is 0 Å². The summed E-state index contributed by atoms with van der Waals surface area (Å²) in [6.07, 6.45) is 1.30. The van der Waals surface area contributed by atoms with Crippen molar-refractivity contribution in [3.05, 3.63) is 41.5 Å². The fourth-order valence-electron chi connectivity index (χ4n) is 1.88. The first-order valence-electron chi connectivity index (χ1n) is 6.27. The molecule has 1 aromatic rings. The van der Waals surface area contributed by atoms with Crippen molar-refractivity contribution < 1.29 is 9.90 Å². The Morgan fingerprint density at radius 1 is 1.17 bits per heavy atom. The van der Waals surface area contributed by atoms with E-state index in [0.29, 0.717) is 0 Å². The average Bonchev–Trinajstić information content (AvgIpc) is 2.24. The summed E-state index contributed by atoms with van der Waals surface area (Å²) < 4.78 is 0. The van der Waals surface area contributed by atoms with Gasteiger partial charge in [0.05, 0.1) is 0 Å². The van der Waals surface area contributed by atoms with Crippen LogP contribution < -0.4 is 0 Å². The molecule has 0 aliphatic rings. The molecule has 2 nitrogen and oxygen atoms in total. The first-order valence-corrected chi connectivity index (χ1v) is 6.27. The highest BCUT2D eigenvalue weighted by atomic mass is 16.4. The van der Waals surface area contributed by atoms with Crippen molar-refractivity contribution in [2.24, 2.45) is 5.92 Å². The molecule has 1 N–H and O–H groups in total. The molecule has 18 heavy (non-hydrogen) atoms. The lowest BCUT2D eigenvalue weighted by Crippen LogP contribution is -2.10. The molecule has 0 fully saturated rings. The van der Waals surface area contributed by atoms with Crippen LogP contribution in [-0.4, -0.2) is 11.1 Å². The molecule has 0 aromatic heterocycles. The summed E-state index contributed by atoms with van der Waals surface area (Å²) in [6.45, 7) is 10.5. The van der Waals surface area contributed by atoms with Crippen molar-refractivity contribution >= 4 is 11.5 Å². The van der Waals surface area contributed by atoms with Gasteiger partial charge in [-0.05, 0) is 28.0 Å². The summed E-state index contributed by atoms with van der Waals surface area (Å²) in [4.78, 5) is 10.8. The van der Waals surface area contributed by atoms with E-state index >= 15 is 0 Å². The number of carboxylic acids is 1. The maximum Gasteiger partial charge on any atom is 0.328 e. The van der Waals surface area contributed by atoms with E-state index in [1.165, 1.54) is 11.6 Å². The zero-order chi connectivity index (χ0) is 13.9. The lowest BCUT2D eigenvalue weighted by Gasteiger charge is -2.20. The van der Waals surface area contributed by atoms with E-state index in [1.807, 2.05) is 26.0 Å². The number of allylic oxidation sites excluding steroid dienone is 1. The SMILES string of the molecule is CC(C)/C(=C\C(=O)O)c1ccc(C(C)(C)C)cc1. The van der Waals surface area contributed by atoms with Crippen LogP contribution in [0.4, 0.5) is 0 Å². The van der Waals surface area contributed by atoms with Crippen LogP contribution in [0.3, 0.4) is 0 Å². The largest absolute Gasteiger partial charge is 0.478 e. The number of benzene rings is 1. The van der Waals surface area contributed by atoms with Gasteiger partial charge in [0.2, 0.25) is 0 Å². The molecule has 0 aliphatic carbocycles. The van der Waals surface area contributed by atoms with Gasteiger partial charge in [-0.15, -0.1) is 0 Å². The number of rotatable bonds is 3. The molecule has 0 saturated carbocycles. The van der Waals surface area contributed by atoms with Crippen molar-refractivity contribution in [2.75, 3.05) is 0 Å². The Labute approximate surface area is 109 Å². The highest BCUT2D eigenvalue weighted by Gasteiger charge is 2.14. The van der Waals surface area contributed by atoms with Crippen molar-refractivity contribution in [1.82, 2.24) is 0 Å². The van der Waals surface area contributed by atoms with Crippen LogP contribution in [0.5, 0.6) is 0 Å². The molecule has 0 radical (unpaired) electrons. The number of hydrogen-bond acceptors (Lipinski definition) is 1. The van der Waals surface area contributed by atoms with E-state index in [2.05, 4.69) is 32.9 Å². The molecule has 0 saturated heterocycles. The number of hydrogen-bond donors (Lipinski definition) is 1. The summed E-state index contributed by atoms with van der Waals surface area (Å²) >= 11 is 0. The Hall–Kier alpha value is -1.57. The predicted octanol–water partition coefficient (Wildman–Crippen LogP) is 4.11. The fraction of sp³-hybridized carbons (Fsp3) is 0.438. The summed E-state index contributed by atoms with van der Waals surface area (Å²) in [6, 6.07) is 8.17. The Bertz CT molecular complexity index is 445. The Morgan fingerprint density at radius 3 is 2.00 bits per heavy atom. The predicted molar refractivity (Wildman–Crippen MR) is 75.6 cm³/mol. The lowest BCUT2D eigenvalue weighted by atomic mass is 9.85. The number of aliphatic carboxylic acids is 1. The average molecular weight is 246 g/mol. The molecule has 1 rings (SSSR count). The minimum Gasteiger partial charge on any atom is -0.478 e. The second-order valence-corrected chi connectivity index (χ2v) is 5.92. The molecule has 0 aliphatic heterocycles. The van der Waals surface area contributed by atoms with Gasteiger partial charge in [0.15, 0.2) is 0 Å². The third kappa shape index (κ3) is 3.73. The van der Waals surface area contributed by atoms with Crippen LogP contribution in [0.15, 0.2) is 30.3 Å². The Kier molecular flexibility index (Phi) is 4.33. The normalized spacial score (nSPS) is 12.9. The van der Waals surface area contributed by atoms with Gasteiger partial charge in [-0.25, -0.2) is 4.79 Å². The summed E-state index contributed by atoms with van der Waals surface area (Å²) in [5, 5.41) is 8.90. The molecule has 0 spiro atoms. The van der Waals surface area contributed by atoms with Gasteiger partial charge in [-0.1, -0.05) is 58.9 Å². The third-order valence-corrected chi connectivity index (χ3v) is 2.99. The Balaban J connectivity index is 3.14. The molecule has 2 heteroatoms. The van der Waals surface area contributed by atoms with Gasteiger partial charge < -0.3 is 5.11 Å². The summed E-state index contributed by atoms with van der Waals surface area (Å²) in [7, 11) is 0. The van der Waals surface area contributed by atoms with Gasteiger partial charge in [-0.2, -0.15) is 0 Å². The van der Waals surface area contributed by atoms with Crippen LogP contribution in [0.25, 0.3) is 5.57 Å². The van der Waals surface area contributed by atoms with Crippen molar-refractivity contribution in [3.8, 4) is 0 Å². The van der Waals surface area contributed by atoms with E-state index in [1.54, 1.807) is 0 Å². The van der Waals surface area contributed by atoms with E-state index in [9.17, 15) is 4.79 Å². The topological polar surface area (TPSA) is 37.3 Å². The van der Waals surface area contributed by atoms with Crippen LogP contribution in [-0.2, 0) is 10.2 Å². The number of carbonyl (C=O) groups is 1. The van der Waals surface area contributed by atoms with Crippen LogP contribution >= 0.6 is 0 Å². The summed E-state index contributed by atoms with van der Waals surface area (Å²) in [5.74, 6) is -0.694. The zero-order valence-corrected chi connectivity index (χ0v) is 11.8. The molecular formula is C16H22O2.